The molecule has 2 aromatic rings. The Morgan fingerprint density at radius 3 is 2.50 bits per heavy atom. The summed E-state index contributed by atoms with van der Waals surface area (Å²) in [6.45, 7) is 7.90. The topological polar surface area (TPSA) is 102 Å². The summed E-state index contributed by atoms with van der Waals surface area (Å²) in [5, 5.41) is 2.38. The van der Waals surface area contributed by atoms with E-state index in [1.807, 2.05) is 18.0 Å². The fraction of sp³-hybridized carbons (Fsp3) is 0.531. The molecule has 4 fully saturated rings. The molecular weight excluding hydrogens is 548 g/mol. The number of imide groups is 1. The van der Waals surface area contributed by atoms with E-state index in [1.54, 1.807) is 4.90 Å². The highest BCUT2D eigenvalue weighted by Crippen LogP contribution is 2.42. The minimum atomic E-state index is -0.571. The lowest BCUT2D eigenvalue weighted by atomic mass is 9.72. The fourth-order valence-corrected chi connectivity index (χ4v) is 8.44. The van der Waals surface area contributed by atoms with E-state index in [9.17, 15) is 14.4 Å². The van der Waals surface area contributed by atoms with Crippen LogP contribution in [0.25, 0.3) is 0 Å². The number of hydrogen-bond acceptors (Lipinski definition) is 8. The molecule has 1 atom stereocenters. The largest absolute Gasteiger partial charge is 0.371 e. The van der Waals surface area contributed by atoms with Gasteiger partial charge in [0.2, 0.25) is 11.8 Å². The molecule has 5 heterocycles. The first-order chi connectivity index (χ1) is 20.3. The van der Waals surface area contributed by atoms with E-state index >= 15 is 0 Å². The summed E-state index contributed by atoms with van der Waals surface area (Å²) < 4.78 is 2.45. The number of anilines is 1. The number of nitrogens with two attached hydrogens (primary N) is 1. The van der Waals surface area contributed by atoms with Crippen LogP contribution in [-0.2, 0) is 22.7 Å². The molecule has 9 nitrogen and oxygen atoms in total. The van der Waals surface area contributed by atoms with Crippen molar-refractivity contribution in [2.45, 2.75) is 68.6 Å². The van der Waals surface area contributed by atoms with E-state index in [0.717, 1.165) is 69.9 Å². The van der Waals surface area contributed by atoms with Crippen LogP contribution in [0.4, 0.5) is 5.69 Å². The summed E-state index contributed by atoms with van der Waals surface area (Å²) >= 11 is 1.87. The van der Waals surface area contributed by atoms with Crippen molar-refractivity contribution in [3.05, 3.63) is 59.2 Å². The number of likely N-dealkylation sites (tertiary alicyclic amines) is 1. The average Bonchev–Trinajstić information content (AvgIpc) is 3.29. The van der Waals surface area contributed by atoms with Gasteiger partial charge in [-0.15, -0.1) is 0 Å². The SMILES string of the molecule is NC1CCN(Sc2cccc(CN3CC4(CCN(c5ccc6c(c5)CN(C5CCC(=O)NC5=O)C6=O)CC4)C3)c2)CC1. The van der Waals surface area contributed by atoms with E-state index in [0.29, 0.717) is 30.0 Å². The van der Waals surface area contributed by atoms with E-state index in [1.165, 1.54) is 23.3 Å². The Kier molecular flexibility index (Phi) is 7.50. The van der Waals surface area contributed by atoms with Crippen molar-refractivity contribution in [1.82, 2.24) is 19.4 Å². The van der Waals surface area contributed by atoms with Crippen LogP contribution in [0.5, 0.6) is 0 Å². The lowest BCUT2D eigenvalue weighted by molar-refractivity contribution is -0.136. The van der Waals surface area contributed by atoms with Crippen molar-refractivity contribution in [2.75, 3.05) is 44.2 Å². The first-order valence-corrected chi connectivity index (χ1v) is 16.1. The first kappa shape index (κ1) is 27.9. The molecule has 1 spiro atoms. The second kappa shape index (κ2) is 11.3. The number of rotatable bonds is 6. The molecule has 0 bridgehead atoms. The maximum absolute atomic E-state index is 13.1. The summed E-state index contributed by atoms with van der Waals surface area (Å²) in [5.41, 5.74) is 10.7. The van der Waals surface area contributed by atoms with Gasteiger partial charge in [0.25, 0.3) is 5.91 Å². The molecule has 0 radical (unpaired) electrons. The molecule has 3 N–H and O–H groups in total. The molecular formula is C32H40N6O3S. The molecule has 7 rings (SSSR count). The Hall–Kier alpha value is -2.92. The minimum Gasteiger partial charge on any atom is -0.371 e. The van der Waals surface area contributed by atoms with Gasteiger partial charge in [-0.1, -0.05) is 12.1 Å². The molecule has 10 heteroatoms. The molecule has 4 saturated heterocycles. The van der Waals surface area contributed by atoms with Crippen LogP contribution >= 0.6 is 11.9 Å². The second-order valence-electron chi connectivity index (χ2n) is 12.9. The summed E-state index contributed by atoms with van der Waals surface area (Å²) in [6, 6.07) is 14.9. The predicted molar refractivity (Wildman–Crippen MR) is 163 cm³/mol. The Labute approximate surface area is 251 Å². The molecule has 0 aliphatic carbocycles. The highest BCUT2D eigenvalue weighted by Gasteiger charge is 2.45. The number of carbonyl (C=O) groups is 3. The van der Waals surface area contributed by atoms with Crippen molar-refractivity contribution in [3.8, 4) is 0 Å². The summed E-state index contributed by atoms with van der Waals surface area (Å²) in [4.78, 5) is 45.0. The van der Waals surface area contributed by atoms with Crippen molar-refractivity contribution in [1.29, 1.82) is 0 Å². The van der Waals surface area contributed by atoms with Crippen molar-refractivity contribution >= 4 is 35.4 Å². The molecule has 0 aromatic heterocycles. The number of hydrogen-bond donors (Lipinski definition) is 2. The Balaban J connectivity index is 0.907. The van der Waals surface area contributed by atoms with Gasteiger partial charge in [-0.2, -0.15) is 0 Å². The molecule has 222 valence electrons. The van der Waals surface area contributed by atoms with E-state index in [2.05, 4.69) is 55.8 Å². The van der Waals surface area contributed by atoms with Gasteiger partial charge in [0.05, 0.1) is 0 Å². The van der Waals surface area contributed by atoms with Gasteiger partial charge >= 0.3 is 0 Å². The van der Waals surface area contributed by atoms with Gasteiger partial charge in [0.1, 0.15) is 6.04 Å². The zero-order chi connectivity index (χ0) is 28.8. The van der Waals surface area contributed by atoms with Crippen molar-refractivity contribution in [3.63, 3.8) is 0 Å². The quantitative estimate of drug-likeness (QED) is 0.393. The van der Waals surface area contributed by atoms with Crippen molar-refractivity contribution in [2.24, 2.45) is 11.1 Å². The molecule has 5 aliphatic heterocycles. The Bertz CT molecular complexity index is 1380. The van der Waals surface area contributed by atoms with Crippen LogP contribution in [0.15, 0.2) is 47.4 Å². The highest BCUT2D eigenvalue weighted by molar-refractivity contribution is 7.97. The molecule has 3 amide bonds. The van der Waals surface area contributed by atoms with Gasteiger partial charge in [-0.05, 0) is 90.9 Å². The van der Waals surface area contributed by atoms with Gasteiger partial charge in [-0.3, -0.25) is 24.6 Å². The smallest absolute Gasteiger partial charge is 0.255 e. The molecule has 42 heavy (non-hydrogen) atoms. The molecule has 1 unspecified atom stereocenters. The highest BCUT2D eigenvalue weighted by atomic mass is 32.2. The number of amides is 3. The number of fused-ring (bicyclic) bond motifs is 1. The van der Waals surface area contributed by atoms with Crippen LogP contribution < -0.4 is 16.0 Å². The van der Waals surface area contributed by atoms with Gasteiger partial charge in [0, 0.05) is 81.0 Å². The molecule has 5 aliphatic rings. The zero-order valence-corrected chi connectivity index (χ0v) is 24.9. The first-order valence-electron chi connectivity index (χ1n) is 15.4. The summed E-state index contributed by atoms with van der Waals surface area (Å²) in [7, 11) is 0. The van der Waals surface area contributed by atoms with Crippen LogP contribution in [0.2, 0.25) is 0 Å². The molecule has 2 aromatic carbocycles. The second-order valence-corrected chi connectivity index (χ2v) is 14.0. The molecule has 0 saturated carbocycles. The third-order valence-electron chi connectivity index (χ3n) is 9.85. The monoisotopic (exact) mass is 588 g/mol. The zero-order valence-electron chi connectivity index (χ0n) is 24.1. The van der Waals surface area contributed by atoms with Crippen LogP contribution in [0, 0.1) is 5.41 Å². The number of nitrogens with one attached hydrogen (secondary N) is 1. The third-order valence-corrected chi connectivity index (χ3v) is 10.9. The maximum atomic E-state index is 13.1. The van der Waals surface area contributed by atoms with Gasteiger partial charge in [-0.25, -0.2) is 4.31 Å². The van der Waals surface area contributed by atoms with Crippen molar-refractivity contribution < 1.29 is 14.4 Å². The van der Waals surface area contributed by atoms with E-state index < -0.39 is 6.04 Å². The number of nitrogens with zero attached hydrogens (tertiary/aromatic N) is 4. The number of carbonyl (C=O) groups excluding carboxylic acids is 3. The van der Waals surface area contributed by atoms with E-state index in [-0.39, 0.29) is 24.1 Å². The Morgan fingerprint density at radius 1 is 0.952 bits per heavy atom. The van der Waals surface area contributed by atoms with Gasteiger partial charge < -0.3 is 15.5 Å². The van der Waals surface area contributed by atoms with Crippen LogP contribution in [0.3, 0.4) is 0 Å². The number of benzene rings is 2. The minimum absolute atomic E-state index is 0.112. The number of piperidine rings is 3. The summed E-state index contributed by atoms with van der Waals surface area (Å²) in [6.07, 6.45) is 5.17. The normalized spacial score (nSPS) is 25.1. The lowest BCUT2D eigenvalue weighted by Gasteiger charge is -2.54. The lowest BCUT2D eigenvalue weighted by Crippen LogP contribution is -2.59. The van der Waals surface area contributed by atoms with E-state index in [4.69, 9.17) is 5.73 Å². The Morgan fingerprint density at radius 2 is 1.74 bits per heavy atom. The van der Waals surface area contributed by atoms with Gasteiger partial charge in [0.15, 0.2) is 0 Å². The maximum Gasteiger partial charge on any atom is 0.255 e. The predicted octanol–water partition coefficient (Wildman–Crippen LogP) is 2.98. The summed E-state index contributed by atoms with van der Waals surface area (Å²) in [5.74, 6) is -0.736. The standard InChI is InChI=1S/C32H40N6O3S/c33-24-8-12-37(13-9-24)42-26-3-1-2-22(16-26)18-35-20-32(21-35)10-14-36(15-11-32)25-4-5-27-23(17-25)19-38(31(27)41)28-6-7-29(39)34-30(28)40/h1-5,16-17,24,28H,6-15,18-21,33H2,(H,34,39,40). The average molecular weight is 589 g/mol. The van der Waals surface area contributed by atoms with Crippen LogP contribution in [-0.4, -0.2) is 83.2 Å². The van der Waals surface area contributed by atoms with Crippen LogP contribution in [0.1, 0.15) is 60.0 Å². The third kappa shape index (κ3) is 5.57. The fourth-order valence-electron chi connectivity index (χ4n) is 7.40.